The Bertz CT molecular complexity index is 1070. The lowest BCUT2D eigenvalue weighted by atomic mass is 10.2. The van der Waals surface area contributed by atoms with Crippen LogP contribution < -0.4 is 30.4 Å². The summed E-state index contributed by atoms with van der Waals surface area (Å²) in [4.78, 5) is 29.4. The predicted molar refractivity (Wildman–Crippen MR) is 105 cm³/mol. The average molecular weight is 384 g/mol. The molecule has 2 N–H and O–H groups in total. The van der Waals surface area contributed by atoms with E-state index in [1.54, 1.807) is 43.5 Å². The number of benzene rings is 1. The smallest absolute Gasteiger partial charge is 0.323 e. The van der Waals surface area contributed by atoms with Gasteiger partial charge in [-0.05, 0) is 19.1 Å². The molecule has 0 saturated heterocycles. The number of pyridine rings is 1. The monoisotopic (exact) mass is 384 g/mol. The molecule has 0 aliphatic heterocycles. The zero-order chi connectivity index (χ0) is 20.3. The number of methoxy groups -OCH3 is 3. The van der Waals surface area contributed by atoms with E-state index < -0.39 is 6.03 Å². The molecule has 1 aromatic carbocycles. The molecule has 2 heterocycles. The van der Waals surface area contributed by atoms with E-state index in [9.17, 15) is 9.59 Å². The third-order valence-corrected chi connectivity index (χ3v) is 4.08. The van der Waals surface area contributed by atoms with Gasteiger partial charge in [0.1, 0.15) is 11.3 Å². The predicted octanol–water partition coefficient (Wildman–Crippen LogP) is 2.67. The summed E-state index contributed by atoms with van der Waals surface area (Å²) in [5.74, 6) is 1.19. The quantitative estimate of drug-likeness (QED) is 0.701. The van der Waals surface area contributed by atoms with Crippen LogP contribution in [0.4, 0.5) is 16.2 Å². The first-order valence-corrected chi connectivity index (χ1v) is 8.34. The van der Waals surface area contributed by atoms with Gasteiger partial charge in [0.25, 0.3) is 5.56 Å². The molecule has 3 aromatic rings. The maximum atomic E-state index is 12.6. The summed E-state index contributed by atoms with van der Waals surface area (Å²) in [5.41, 5.74) is 1.03. The molecular weight excluding hydrogens is 364 g/mol. The van der Waals surface area contributed by atoms with Crippen LogP contribution in [0.1, 0.15) is 5.69 Å². The van der Waals surface area contributed by atoms with Crippen molar-refractivity contribution in [3.05, 3.63) is 52.6 Å². The standard InChI is InChI=1S/C19H20N4O5/c1-11-16(18(24)23-8-6-5-7-15(23)20-11)22-19(25)21-12-9-13(26-2)17(28-4)14(10-12)27-3/h5-10H,1-4H3,(H2,21,22,25). The molecule has 0 atom stereocenters. The Labute approximate surface area is 160 Å². The van der Waals surface area contributed by atoms with Crippen molar-refractivity contribution in [3.8, 4) is 17.2 Å². The lowest BCUT2D eigenvalue weighted by molar-refractivity contribution is 0.262. The van der Waals surface area contributed by atoms with Crippen molar-refractivity contribution >= 4 is 23.1 Å². The van der Waals surface area contributed by atoms with Crippen molar-refractivity contribution in [1.29, 1.82) is 0 Å². The van der Waals surface area contributed by atoms with Crippen LogP contribution in [0.15, 0.2) is 41.3 Å². The van der Waals surface area contributed by atoms with Crippen LogP contribution in [-0.4, -0.2) is 36.7 Å². The highest BCUT2D eigenvalue weighted by atomic mass is 16.5. The second-order valence-corrected chi connectivity index (χ2v) is 5.80. The number of nitrogens with one attached hydrogen (secondary N) is 2. The number of hydrogen-bond donors (Lipinski definition) is 2. The molecular formula is C19H20N4O5. The second kappa shape index (κ2) is 7.87. The number of carbonyl (C=O) groups is 1. The van der Waals surface area contributed by atoms with Gasteiger partial charge in [-0.3, -0.25) is 9.20 Å². The summed E-state index contributed by atoms with van der Waals surface area (Å²) < 4.78 is 17.1. The zero-order valence-corrected chi connectivity index (χ0v) is 15.9. The first kappa shape index (κ1) is 19.0. The summed E-state index contributed by atoms with van der Waals surface area (Å²) in [5, 5.41) is 5.22. The van der Waals surface area contributed by atoms with Crippen molar-refractivity contribution in [2.24, 2.45) is 0 Å². The molecule has 0 unspecified atom stereocenters. The van der Waals surface area contributed by atoms with Gasteiger partial charge >= 0.3 is 6.03 Å². The molecule has 0 aliphatic rings. The Morgan fingerprint density at radius 1 is 1.04 bits per heavy atom. The van der Waals surface area contributed by atoms with Crippen molar-refractivity contribution in [3.63, 3.8) is 0 Å². The summed E-state index contributed by atoms with van der Waals surface area (Å²) in [6.45, 7) is 1.66. The number of aromatic nitrogens is 2. The highest BCUT2D eigenvalue weighted by Gasteiger charge is 2.16. The van der Waals surface area contributed by atoms with E-state index >= 15 is 0 Å². The van der Waals surface area contributed by atoms with Crippen molar-refractivity contribution in [1.82, 2.24) is 9.38 Å². The first-order valence-electron chi connectivity index (χ1n) is 8.34. The molecule has 3 rings (SSSR count). The van der Waals surface area contributed by atoms with Gasteiger partial charge in [-0.15, -0.1) is 0 Å². The van der Waals surface area contributed by atoms with Crippen molar-refractivity contribution in [2.45, 2.75) is 6.92 Å². The largest absolute Gasteiger partial charge is 0.493 e. The summed E-state index contributed by atoms with van der Waals surface area (Å²) in [6, 6.07) is 7.77. The number of fused-ring (bicyclic) bond motifs is 1. The molecule has 0 bridgehead atoms. The molecule has 9 nitrogen and oxygen atoms in total. The fraction of sp³-hybridized carbons (Fsp3) is 0.211. The zero-order valence-electron chi connectivity index (χ0n) is 15.9. The Kier molecular flexibility index (Phi) is 5.35. The highest BCUT2D eigenvalue weighted by Crippen LogP contribution is 2.39. The topological polar surface area (TPSA) is 103 Å². The molecule has 0 radical (unpaired) electrons. The normalized spacial score (nSPS) is 10.4. The van der Waals surface area contributed by atoms with Crippen LogP contribution in [0.2, 0.25) is 0 Å². The maximum Gasteiger partial charge on any atom is 0.323 e. The molecule has 2 aromatic heterocycles. The molecule has 9 heteroatoms. The number of amides is 2. The number of rotatable bonds is 5. The third-order valence-electron chi connectivity index (χ3n) is 4.08. The van der Waals surface area contributed by atoms with Gasteiger partial charge in [-0.1, -0.05) is 6.07 Å². The Morgan fingerprint density at radius 3 is 2.32 bits per heavy atom. The second-order valence-electron chi connectivity index (χ2n) is 5.80. The fourth-order valence-electron chi connectivity index (χ4n) is 2.77. The molecule has 0 fully saturated rings. The van der Waals surface area contributed by atoms with E-state index in [1.165, 1.54) is 25.7 Å². The van der Waals surface area contributed by atoms with Gasteiger partial charge in [0.05, 0.1) is 32.7 Å². The number of ether oxygens (including phenoxy) is 3. The third kappa shape index (κ3) is 3.54. The summed E-state index contributed by atoms with van der Waals surface area (Å²) in [7, 11) is 4.45. The molecule has 146 valence electrons. The van der Waals surface area contributed by atoms with E-state index in [0.717, 1.165) is 0 Å². The number of anilines is 2. The molecule has 0 spiro atoms. The van der Waals surface area contributed by atoms with Gasteiger partial charge in [-0.2, -0.15) is 0 Å². The lowest BCUT2D eigenvalue weighted by Gasteiger charge is -2.15. The Morgan fingerprint density at radius 2 is 1.71 bits per heavy atom. The number of nitrogens with zero attached hydrogens (tertiary/aromatic N) is 2. The van der Waals surface area contributed by atoms with E-state index in [1.807, 2.05) is 0 Å². The molecule has 0 saturated carbocycles. The maximum absolute atomic E-state index is 12.6. The lowest BCUT2D eigenvalue weighted by Crippen LogP contribution is -2.27. The summed E-state index contributed by atoms with van der Waals surface area (Å²) >= 11 is 0. The number of urea groups is 1. The number of aryl methyl sites for hydroxylation is 1. The average Bonchev–Trinajstić information content (AvgIpc) is 2.70. The molecule has 2 amide bonds. The van der Waals surface area contributed by atoms with Crippen LogP contribution in [0.3, 0.4) is 0 Å². The first-order chi connectivity index (χ1) is 13.5. The van der Waals surface area contributed by atoms with Gasteiger partial charge in [0, 0.05) is 18.3 Å². The van der Waals surface area contributed by atoms with Crippen LogP contribution in [0.5, 0.6) is 17.2 Å². The Hall–Kier alpha value is -3.75. The molecule has 28 heavy (non-hydrogen) atoms. The molecule has 0 aliphatic carbocycles. The minimum atomic E-state index is -0.604. The van der Waals surface area contributed by atoms with Gasteiger partial charge < -0.3 is 24.8 Å². The van der Waals surface area contributed by atoms with Crippen molar-refractivity contribution < 1.29 is 19.0 Å². The number of carbonyl (C=O) groups excluding carboxylic acids is 1. The minimum absolute atomic E-state index is 0.0913. The Balaban J connectivity index is 1.89. The van der Waals surface area contributed by atoms with Crippen LogP contribution >= 0.6 is 0 Å². The van der Waals surface area contributed by atoms with E-state index in [0.29, 0.717) is 34.3 Å². The minimum Gasteiger partial charge on any atom is -0.493 e. The summed E-state index contributed by atoms with van der Waals surface area (Å²) in [6.07, 6.45) is 1.59. The van der Waals surface area contributed by atoms with Crippen LogP contribution in [0, 0.1) is 6.92 Å². The SMILES string of the molecule is COc1cc(NC(=O)Nc2c(C)nc3ccccn3c2=O)cc(OC)c1OC. The highest BCUT2D eigenvalue weighted by molar-refractivity contribution is 6.00. The van der Waals surface area contributed by atoms with Gasteiger partial charge in [0.15, 0.2) is 11.5 Å². The number of hydrogen-bond acceptors (Lipinski definition) is 6. The van der Waals surface area contributed by atoms with Crippen LogP contribution in [-0.2, 0) is 0 Å². The van der Waals surface area contributed by atoms with Gasteiger partial charge in [-0.25, -0.2) is 9.78 Å². The fourth-order valence-corrected chi connectivity index (χ4v) is 2.77. The van der Waals surface area contributed by atoms with E-state index in [2.05, 4.69) is 15.6 Å². The van der Waals surface area contributed by atoms with Crippen LogP contribution in [0.25, 0.3) is 5.65 Å². The van der Waals surface area contributed by atoms with E-state index in [-0.39, 0.29) is 11.2 Å². The van der Waals surface area contributed by atoms with Crippen molar-refractivity contribution in [2.75, 3.05) is 32.0 Å². The van der Waals surface area contributed by atoms with Gasteiger partial charge in [0.2, 0.25) is 5.75 Å². The van der Waals surface area contributed by atoms with E-state index in [4.69, 9.17) is 14.2 Å².